The highest BCUT2D eigenvalue weighted by molar-refractivity contribution is 6.30. The second-order valence-corrected chi connectivity index (χ2v) is 11.2. The number of halogens is 1. The average molecular weight is 633 g/mol. The van der Waals surface area contributed by atoms with Crippen LogP contribution in [0.15, 0.2) is 127 Å². The number of nitro groups is 1. The van der Waals surface area contributed by atoms with Crippen molar-refractivity contribution in [3.8, 4) is 5.75 Å². The maximum absolute atomic E-state index is 14.2. The zero-order valence-corrected chi connectivity index (χ0v) is 25.3. The van der Waals surface area contributed by atoms with E-state index in [-0.39, 0.29) is 36.2 Å². The molecule has 9 nitrogen and oxygen atoms in total. The van der Waals surface area contributed by atoms with Crippen molar-refractivity contribution in [3.63, 3.8) is 0 Å². The molecule has 1 aliphatic rings. The van der Waals surface area contributed by atoms with Crippen molar-refractivity contribution in [3.05, 3.63) is 165 Å². The first-order chi connectivity index (χ1) is 22.4. The van der Waals surface area contributed by atoms with E-state index < -0.39 is 11.1 Å². The van der Waals surface area contributed by atoms with Gasteiger partial charge in [-0.1, -0.05) is 90.5 Å². The van der Waals surface area contributed by atoms with Gasteiger partial charge < -0.3 is 19.9 Å². The van der Waals surface area contributed by atoms with E-state index in [9.17, 15) is 19.7 Å². The number of benzene rings is 5. The largest absolute Gasteiger partial charge is 0.484 e. The fourth-order valence-corrected chi connectivity index (χ4v) is 5.71. The molecule has 0 bridgehead atoms. The fourth-order valence-electron chi connectivity index (χ4n) is 5.52. The highest BCUT2D eigenvalue weighted by Crippen LogP contribution is 2.42. The van der Waals surface area contributed by atoms with Crippen LogP contribution in [0, 0.1) is 10.1 Å². The van der Waals surface area contributed by atoms with E-state index in [1.54, 1.807) is 47.4 Å². The predicted molar refractivity (Wildman–Crippen MR) is 177 cm³/mol. The van der Waals surface area contributed by atoms with Crippen LogP contribution in [0.4, 0.5) is 17.1 Å². The number of ether oxygens (including phenoxy) is 1. The third kappa shape index (κ3) is 6.85. The van der Waals surface area contributed by atoms with Crippen LogP contribution in [0.5, 0.6) is 5.75 Å². The Kier molecular flexibility index (Phi) is 8.94. The number of non-ortho nitro benzene ring substituents is 1. The molecule has 6 rings (SSSR count). The molecule has 230 valence electrons. The number of amides is 2. The number of nitrogens with zero attached hydrogens (tertiary/aromatic N) is 3. The third-order valence-electron chi connectivity index (χ3n) is 7.63. The smallest absolute Gasteiger partial charge is 0.270 e. The van der Waals surface area contributed by atoms with Gasteiger partial charge in [0.15, 0.2) is 6.61 Å². The summed E-state index contributed by atoms with van der Waals surface area (Å²) in [5.41, 5.74) is 4.03. The summed E-state index contributed by atoms with van der Waals surface area (Å²) < 4.78 is 5.77. The molecule has 0 saturated carbocycles. The zero-order valence-electron chi connectivity index (χ0n) is 24.6. The van der Waals surface area contributed by atoms with E-state index in [0.717, 1.165) is 16.7 Å². The maximum Gasteiger partial charge on any atom is 0.270 e. The molecule has 2 amide bonds. The van der Waals surface area contributed by atoms with Crippen LogP contribution in [-0.2, 0) is 17.9 Å². The van der Waals surface area contributed by atoms with Gasteiger partial charge in [-0.2, -0.15) is 0 Å². The second kappa shape index (κ2) is 13.5. The molecule has 1 N–H and O–H groups in total. The molecule has 0 aliphatic carbocycles. The van der Waals surface area contributed by atoms with Crippen molar-refractivity contribution in [2.45, 2.75) is 19.3 Å². The predicted octanol–water partition coefficient (Wildman–Crippen LogP) is 7.63. The van der Waals surface area contributed by atoms with Crippen LogP contribution in [0.1, 0.15) is 33.2 Å². The molecule has 0 spiro atoms. The summed E-state index contributed by atoms with van der Waals surface area (Å²) in [5.74, 6) is -0.166. The number of carbonyl (C=O) groups is 2. The number of hydrogen-bond donors (Lipinski definition) is 1. The summed E-state index contributed by atoms with van der Waals surface area (Å²) in [6.45, 7) is 0.511. The summed E-state index contributed by atoms with van der Waals surface area (Å²) in [4.78, 5) is 41.7. The lowest BCUT2D eigenvalue weighted by atomic mass is 9.98. The topological polar surface area (TPSA) is 105 Å². The molecular formula is C36H29ClN4O5. The van der Waals surface area contributed by atoms with Crippen molar-refractivity contribution >= 4 is 40.5 Å². The van der Waals surface area contributed by atoms with Crippen molar-refractivity contribution in [1.82, 2.24) is 4.90 Å². The van der Waals surface area contributed by atoms with E-state index in [0.29, 0.717) is 28.7 Å². The molecule has 46 heavy (non-hydrogen) atoms. The van der Waals surface area contributed by atoms with Crippen LogP contribution in [0.25, 0.3) is 0 Å². The van der Waals surface area contributed by atoms with Gasteiger partial charge in [0.05, 0.1) is 16.2 Å². The Labute approximate surface area is 270 Å². The number of fused-ring (bicyclic) bond motifs is 1. The van der Waals surface area contributed by atoms with Gasteiger partial charge in [0.25, 0.3) is 17.5 Å². The molecule has 1 atom stereocenters. The number of nitrogens with one attached hydrogen (secondary N) is 1. The van der Waals surface area contributed by atoms with E-state index in [1.807, 2.05) is 72.8 Å². The Morgan fingerprint density at radius 1 is 0.804 bits per heavy atom. The van der Waals surface area contributed by atoms with Crippen molar-refractivity contribution < 1.29 is 19.2 Å². The quantitative estimate of drug-likeness (QED) is 0.125. The highest BCUT2D eigenvalue weighted by atomic mass is 35.5. The van der Waals surface area contributed by atoms with Crippen LogP contribution in [0.2, 0.25) is 5.02 Å². The Morgan fingerprint density at radius 3 is 2.09 bits per heavy atom. The monoisotopic (exact) mass is 632 g/mol. The normalized spacial score (nSPS) is 14.0. The van der Waals surface area contributed by atoms with Gasteiger partial charge >= 0.3 is 0 Å². The first-order valence-electron chi connectivity index (χ1n) is 14.6. The first kappa shape index (κ1) is 30.4. The summed E-state index contributed by atoms with van der Waals surface area (Å²) in [5, 5.41) is 15.0. The summed E-state index contributed by atoms with van der Waals surface area (Å²) in [7, 11) is 0. The van der Waals surface area contributed by atoms with Crippen LogP contribution >= 0.6 is 11.6 Å². The van der Waals surface area contributed by atoms with E-state index >= 15 is 0 Å². The van der Waals surface area contributed by atoms with Crippen molar-refractivity contribution in [2.75, 3.05) is 16.8 Å². The number of hydrogen-bond acceptors (Lipinski definition) is 6. The van der Waals surface area contributed by atoms with E-state index in [2.05, 4.69) is 10.2 Å². The highest BCUT2D eigenvalue weighted by Gasteiger charge is 2.39. The Bertz CT molecular complexity index is 1870. The van der Waals surface area contributed by atoms with Gasteiger partial charge in [0, 0.05) is 35.9 Å². The minimum Gasteiger partial charge on any atom is -0.484 e. The average Bonchev–Trinajstić information content (AvgIpc) is 3.07. The summed E-state index contributed by atoms with van der Waals surface area (Å²) in [6.07, 6.45) is -0.554. The minimum atomic E-state index is -0.554. The fraction of sp³-hybridized carbons (Fsp3) is 0.111. The number of rotatable bonds is 10. The molecule has 5 aromatic carbocycles. The lowest BCUT2D eigenvalue weighted by molar-refractivity contribution is -0.384. The van der Waals surface area contributed by atoms with Gasteiger partial charge in [-0.25, -0.2) is 0 Å². The Hall–Kier alpha value is -5.67. The lowest BCUT2D eigenvalue weighted by Crippen LogP contribution is -2.48. The van der Waals surface area contributed by atoms with Crippen molar-refractivity contribution in [2.24, 2.45) is 0 Å². The molecule has 10 heteroatoms. The van der Waals surface area contributed by atoms with E-state index in [1.165, 1.54) is 12.1 Å². The Morgan fingerprint density at radius 2 is 1.46 bits per heavy atom. The van der Waals surface area contributed by atoms with Gasteiger partial charge in [-0.3, -0.25) is 19.7 Å². The number of carbonyl (C=O) groups excluding carboxylic acids is 2. The molecule has 0 fully saturated rings. The molecular weight excluding hydrogens is 604 g/mol. The van der Waals surface area contributed by atoms with Crippen LogP contribution in [0.3, 0.4) is 0 Å². The standard InChI is InChI=1S/C36H29ClN4O5/c37-28-12-7-13-29(20-28)38-34(42)24-46-31-17-14-27(15-18-31)35-39(22-25-8-3-1-4-9-25)33-19-16-30(41(44)45)21-32(33)36(43)40(35)23-26-10-5-2-6-11-26/h1-21,35H,22-24H2,(H,38,42)/t35-/m1/s1. The molecule has 1 aliphatic heterocycles. The lowest BCUT2D eigenvalue weighted by Gasteiger charge is -2.46. The maximum atomic E-state index is 14.2. The second-order valence-electron chi connectivity index (χ2n) is 10.8. The van der Waals surface area contributed by atoms with Gasteiger partial charge in [-0.05, 0) is 53.1 Å². The molecule has 1 heterocycles. The Balaban J connectivity index is 1.33. The molecule has 0 saturated heterocycles. The van der Waals surface area contributed by atoms with Gasteiger partial charge in [0.2, 0.25) is 0 Å². The minimum absolute atomic E-state index is 0.147. The number of anilines is 2. The van der Waals surface area contributed by atoms with Gasteiger partial charge in [0.1, 0.15) is 11.9 Å². The molecule has 0 unspecified atom stereocenters. The van der Waals surface area contributed by atoms with Crippen LogP contribution in [-0.4, -0.2) is 28.2 Å². The zero-order chi connectivity index (χ0) is 32.0. The molecule has 0 aromatic heterocycles. The van der Waals surface area contributed by atoms with Crippen LogP contribution < -0.4 is 15.0 Å². The van der Waals surface area contributed by atoms with Gasteiger partial charge in [-0.15, -0.1) is 0 Å². The molecule has 0 radical (unpaired) electrons. The SMILES string of the molecule is O=C(COc1ccc([C@H]2N(Cc3ccccc3)C(=O)c3cc([N+](=O)[O-])ccc3N2Cc2ccccc2)cc1)Nc1cccc(Cl)c1. The summed E-state index contributed by atoms with van der Waals surface area (Å²) in [6, 6.07) is 38.0. The molecule has 5 aromatic rings. The van der Waals surface area contributed by atoms with E-state index in [4.69, 9.17) is 16.3 Å². The third-order valence-corrected chi connectivity index (χ3v) is 7.87. The first-order valence-corrected chi connectivity index (χ1v) is 15.0. The summed E-state index contributed by atoms with van der Waals surface area (Å²) >= 11 is 6.01. The van der Waals surface area contributed by atoms with Crippen molar-refractivity contribution in [1.29, 1.82) is 0 Å². The number of nitro benzene ring substituents is 1.